The third-order valence-electron chi connectivity index (χ3n) is 7.54. The quantitative estimate of drug-likeness (QED) is 0.0292. The number of thiophene rings is 1. The molecule has 0 fully saturated rings. The van der Waals surface area contributed by atoms with Crippen molar-refractivity contribution in [3.05, 3.63) is 152 Å². The monoisotopic (exact) mass is 763 g/mol. The van der Waals surface area contributed by atoms with E-state index in [1.54, 1.807) is 98.8 Å². The molecule has 274 valence electrons. The zero-order valence-corrected chi connectivity index (χ0v) is 30.5. The Kier molecular flexibility index (Phi) is 13.1. The predicted molar refractivity (Wildman–Crippen MR) is 209 cm³/mol. The normalized spacial score (nSPS) is 10.9. The first-order valence-electron chi connectivity index (χ1n) is 16.4. The number of carbonyl (C=O) groups is 5. The zero-order chi connectivity index (χ0) is 38.6. The molecule has 0 bridgehead atoms. The number of benzene rings is 4. The molecule has 1 heterocycles. The van der Waals surface area contributed by atoms with Crippen LogP contribution in [0.25, 0.3) is 6.08 Å². The number of carbonyl (C=O) groups excluding carboxylic acids is 5. The van der Waals surface area contributed by atoms with E-state index in [1.165, 1.54) is 24.3 Å². The number of hydrogen-bond acceptors (Lipinski definition) is 10. The molecule has 15 heteroatoms. The molecule has 0 saturated carbocycles. The molecule has 13 nitrogen and oxygen atoms in total. The van der Waals surface area contributed by atoms with Gasteiger partial charge < -0.3 is 26.0 Å². The van der Waals surface area contributed by atoms with Gasteiger partial charge in [-0.15, -0.1) is 23.1 Å². The van der Waals surface area contributed by atoms with Crippen LogP contribution in [0, 0.1) is 17.0 Å². The molecule has 1 aromatic heterocycles. The van der Waals surface area contributed by atoms with Gasteiger partial charge in [-0.1, -0.05) is 54.6 Å². The molecule has 0 radical (unpaired) electrons. The summed E-state index contributed by atoms with van der Waals surface area (Å²) in [6.45, 7) is 3.36. The van der Waals surface area contributed by atoms with Crippen LogP contribution >= 0.6 is 23.1 Å². The second-order valence-corrected chi connectivity index (χ2v) is 13.4. The highest BCUT2D eigenvalue weighted by Crippen LogP contribution is 2.35. The van der Waals surface area contributed by atoms with Crippen molar-refractivity contribution in [3.8, 4) is 0 Å². The number of para-hydroxylation sites is 2. The van der Waals surface area contributed by atoms with Gasteiger partial charge in [0, 0.05) is 27.9 Å². The standard InChI is InChI=1S/C39H33N5O8S2/c1-3-52-39(49)33-24(2)34(37(48)40-27-16-8-5-9-17-27)54-38(33)43-32(45)23-53-29-19-12-18-28(22-29)41-36(47)30(42-35(46)25-13-6-4-7-14-25)21-26-15-10-11-20-31(26)44(50)51/h4-22H,3,23H2,1-2H3,(H,40,48)(H,41,47)(H,42,46)(H,43,45)/b30-21+. The number of nitro benzene ring substituents is 1. The smallest absolute Gasteiger partial charge is 0.341 e. The van der Waals surface area contributed by atoms with Gasteiger partial charge in [0.1, 0.15) is 10.7 Å². The topological polar surface area (TPSA) is 186 Å². The van der Waals surface area contributed by atoms with E-state index in [-0.39, 0.29) is 50.3 Å². The Hall–Kier alpha value is -6.58. The first-order valence-corrected chi connectivity index (χ1v) is 18.2. The van der Waals surface area contributed by atoms with Crippen molar-refractivity contribution in [2.24, 2.45) is 0 Å². The van der Waals surface area contributed by atoms with E-state index in [0.29, 0.717) is 21.8 Å². The summed E-state index contributed by atoms with van der Waals surface area (Å²) in [5, 5.41) is 22.6. The lowest BCUT2D eigenvalue weighted by atomic mass is 10.1. The molecule has 54 heavy (non-hydrogen) atoms. The first-order chi connectivity index (χ1) is 26.0. The molecule has 0 saturated heterocycles. The number of anilines is 3. The lowest BCUT2D eigenvalue weighted by Gasteiger charge is -2.12. The Balaban J connectivity index is 1.30. The fourth-order valence-electron chi connectivity index (χ4n) is 5.02. The van der Waals surface area contributed by atoms with Gasteiger partial charge in [-0.3, -0.25) is 29.3 Å². The fraction of sp³-hybridized carbons (Fsp3) is 0.103. The van der Waals surface area contributed by atoms with Gasteiger partial charge in [0.15, 0.2) is 0 Å². The number of esters is 1. The Morgan fingerprint density at radius 3 is 2.19 bits per heavy atom. The van der Waals surface area contributed by atoms with Crippen molar-refractivity contribution >= 4 is 80.8 Å². The molecule has 4 N–H and O–H groups in total. The van der Waals surface area contributed by atoms with Crippen LogP contribution in [0.1, 0.15) is 48.4 Å². The van der Waals surface area contributed by atoms with E-state index in [9.17, 15) is 34.1 Å². The largest absolute Gasteiger partial charge is 0.462 e. The number of rotatable bonds is 14. The van der Waals surface area contributed by atoms with Gasteiger partial charge >= 0.3 is 5.97 Å². The van der Waals surface area contributed by atoms with Crippen molar-refractivity contribution in [2.45, 2.75) is 18.7 Å². The number of hydrogen-bond donors (Lipinski definition) is 4. The summed E-state index contributed by atoms with van der Waals surface area (Å²) in [6, 6.07) is 29.4. The van der Waals surface area contributed by atoms with Crippen LogP contribution in [0.15, 0.2) is 120 Å². The number of amides is 4. The van der Waals surface area contributed by atoms with E-state index in [1.807, 2.05) is 6.07 Å². The number of nitro groups is 1. The summed E-state index contributed by atoms with van der Waals surface area (Å²) >= 11 is 2.10. The second kappa shape index (κ2) is 18.3. The molecular weight excluding hydrogens is 731 g/mol. The molecule has 0 aliphatic heterocycles. The molecule has 0 aliphatic carbocycles. The molecule has 5 rings (SSSR count). The fourth-order valence-corrected chi connectivity index (χ4v) is 6.89. The number of ether oxygens (including phenoxy) is 1. The van der Waals surface area contributed by atoms with Crippen molar-refractivity contribution < 1.29 is 33.6 Å². The average molecular weight is 764 g/mol. The lowest BCUT2D eigenvalue weighted by Crippen LogP contribution is -2.30. The van der Waals surface area contributed by atoms with Gasteiger partial charge in [-0.2, -0.15) is 0 Å². The van der Waals surface area contributed by atoms with Gasteiger partial charge in [-0.05, 0) is 74.0 Å². The summed E-state index contributed by atoms with van der Waals surface area (Å²) in [5.74, 6) is -3.02. The third kappa shape index (κ3) is 10.1. The van der Waals surface area contributed by atoms with Crippen molar-refractivity contribution in [1.29, 1.82) is 0 Å². The van der Waals surface area contributed by atoms with Crippen LogP contribution in [0.5, 0.6) is 0 Å². The summed E-state index contributed by atoms with van der Waals surface area (Å²) in [7, 11) is 0. The van der Waals surface area contributed by atoms with Gasteiger partial charge in [0.25, 0.3) is 23.4 Å². The minimum absolute atomic E-state index is 0.0900. The Morgan fingerprint density at radius 1 is 0.815 bits per heavy atom. The van der Waals surface area contributed by atoms with E-state index in [4.69, 9.17) is 4.74 Å². The van der Waals surface area contributed by atoms with E-state index < -0.39 is 34.5 Å². The highest BCUT2D eigenvalue weighted by Gasteiger charge is 2.27. The Morgan fingerprint density at radius 2 is 1.48 bits per heavy atom. The molecule has 0 unspecified atom stereocenters. The van der Waals surface area contributed by atoms with Crippen LogP contribution in [0.4, 0.5) is 22.1 Å². The Labute approximate surface area is 318 Å². The maximum atomic E-state index is 13.6. The molecule has 4 aromatic carbocycles. The van der Waals surface area contributed by atoms with E-state index in [2.05, 4.69) is 21.3 Å². The minimum Gasteiger partial charge on any atom is -0.462 e. The van der Waals surface area contributed by atoms with Crippen LogP contribution < -0.4 is 21.3 Å². The maximum Gasteiger partial charge on any atom is 0.341 e. The number of thioether (sulfide) groups is 1. The third-order valence-corrected chi connectivity index (χ3v) is 9.74. The first kappa shape index (κ1) is 38.6. The Bertz CT molecular complexity index is 2240. The number of nitrogens with zero attached hydrogens (tertiary/aromatic N) is 1. The highest BCUT2D eigenvalue weighted by atomic mass is 32.2. The highest BCUT2D eigenvalue weighted by molar-refractivity contribution is 8.00. The zero-order valence-electron chi connectivity index (χ0n) is 28.9. The molecule has 0 atom stereocenters. The van der Waals surface area contributed by atoms with E-state index in [0.717, 1.165) is 23.1 Å². The summed E-state index contributed by atoms with van der Waals surface area (Å²) in [6.07, 6.45) is 1.23. The summed E-state index contributed by atoms with van der Waals surface area (Å²) in [4.78, 5) is 77.7. The minimum atomic E-state index is -0.746. The molecule has 5 aromatic rings. The van der Waals surface area contributed by atoms with Crippen LogP contribution in [-0.2, 0) is 14.3 Å². The van der Waals surface area contributed by atoms with Crippen molar-refractivity contribution in [3.63, 3.8) is 0 Å². The van der Waals surface area contributed by atoms with Crippen LogP contribution in [0.3, 0.4) is 0 Å². The molecule has 4 amide bonds. The van der Waals surface area contributed by atoms with Gasteiger partial charge in [-0.25, -0.2) is 4.79 Å². The molecule has 0 aliphatic rings. The van der Waals surface area contributed by atoms with Crippen molar-refractivity contribution in [1.82, 2.24) is 5.32 Å². The van der Waals surface area contributed by atoms with Gasteiger partial charge in [0.2, 0.25) is 5.91 Å². The van der Waals surface area contributed by atoms with Crippen molar-refractivity contribution in [2.75, 3.05) is 28.3 Å². The van der Waals surface area contributed by atoms with Gasteiger partial charge in [0.05, 0.1) is 33.3 Å². The lowest BCUT2D eigenvalue weighted by molar-refractivity contribution is -0.385. The van der Waals surface area contributed by atoms with Crippen LogP contribution in [-0.4, -0.2) is 46.9 Å². The number of nitrogens with one attached hydrogen (secondary N) is 4. The van der Waals surface area contributed by atoms with E-state index >= 15 is 0 Å². The summed E-state index contributed by atoms with van der Waals surface area (Å²) < 4.78 is 5.21. The SMILES string of the molecule is CCOC(=O)c1c(NC(=O)CSc2cccc(NC(=O)/C(=C\c3ccccc3[N+](=O)[O-])NC(=O)c3ccccc3)c2)sc(C(=O)Nc2ccccc2)c1C. The van der Waals surface area contributed by atoms with Crippen LogP contribution in [0.2, 0.25) is 0 Å². The molecular formula is C39H33N5O8S2. The second-order valence-electron chi connectivity index (χ2n) is 11.3. The predicted octanol–water partition coefficient (Wildman–Crippen LogP) is 7.53. The average Bonchev–Trinajstić information content (AvgIpc) is 3.49. The maximum absolute atomic E-state index is 13.6. The summed E-state index contributed by atoms with van der Waals surface area (Å²) in [5.41, 5.74) is 1.23. The molecule has 0 spiro atoms.